The fourth-order valence-electron chi connectivity index (χ4n) is 0.400. The molecule has 2 atom stereocenters. The molecule has 0 fully saturated rings. The molecule has 0 aromatic rings. The number of aliphatic hydroxyl groups is 1. The number of rotatable bonds is 4. The molecule has 56 valence electrons. The Balaban J connectivity index is 3.22. The van der Waals surface area contributed by atoms with E-state index in [1.165, 1.54) is 0 Å². The lowest BCUT2D eigenvalue weighted by atomic mass is 10.5. The third-order valence-corrected chi connectivity index (χ3v) is 1.12. The minimum absolute atomic E-state index is 0.0695. The van der Waals surface area contributed by atoms with Gasteiger partial charge in [0.25, 0.3) is 0 Å². The molecule has 0 aliphatic rings. The lowest BCUT2D eigenvalue weighted by Crippen LogP contribution is -2.29. The maximum Gasteiger partial charge on any atom is 0.156 e. The van der Waals surface area contributed by atoms with E-state index in [1.54, 1.807) is 7.05 Å². The van der Waals surface area contributed by atoms with Gasteiger partial charge in [0.05, 0.1) is 0 Å². The third-order valence-electron chi connectivity index (χ3n) is 1.12. The summed E-state index contributed by atoms with van der Waals surface area (Å²) in [4.78, 5) is 0. The number of ether oxygens (including phenoxy) is 1. The highest BCUT2D eigenvalue weighted by atomic mass is 16.6. The van der Waals surface area contributed by atoms with Crippen molar-refractivity contribution in [3.63, 3.8) is 0 Å². The summed E-state index contributed by atoms with van der Waals surface area (Å²) in [6, 6.07) is 0. The van der Waals surface area contributed by atoms with Crippen molar-refractivity contribution in [2.45, 2.75) is 32.8 Å². The first-order chi connectivity index (χ1) is 4.20. The smallest absolute Gasteiger partial charge is 0.156 e. The number of aliphatic hydroxyl groups excluding tert-OH is 1. The summed E-state index contributed by atoms with van der Waals surface area (Å²) in [6.07, 6.45) is -0.0705. The van der Waals surface area contributed by atoms with E-state index >= 15 is 0 Å². The van der Waals surface area contributed by atoms with Crippen LogP contribution in [0.15, 0.2) is 0 Å². The molecule has 3 nitrogen and oxygen atoms in total. The van der Waals surface area contributed by atoms with Crippen LogP contribution in [0.5, 0.6) is 0 Å². The molecule has 0 aliphatic heterocycles. The molecule has 0 saturated carbocycles. The maximum absolute atomic E-state index is 8.90. The van der Waals surface area contributed by atoms with Crippen molar-refractivity contribution in [3.05, 3.63) is 0 Å². The van der Waals surface area contributed by atoms with Crippen LogP contribution in [0.2, 0.25) is 0 Å². The highest BCUT2D eigenvalue weighted by Crippen LogP contribution is 1.94. The second-order valence-corrected chi connectivity index (χ2v) is 1.93. The summed E-state index contributed by atoms with van der Waals surface area (Å²) < 4.78 is 4.99. The Morgan fingerprint density at radius 1 is 1.67 bits per heavy atom. The summed E-state index contributed by atoms with van der Waals surface area (Å²) >= 11 is 0. The van der Waals surface area contributed by atoms with Crippen molar-refractivity contribution in [2.24, 2.45) is 0 Å². The van der Waals surface area contributed by atoms with Crippen molar-refractivity contribution in [1.82, 2.24) is 5.32 Å². The van der Waals surface area contributed by atoms with E-state index in [0.29, 0.717) is 6.42 Å². The van der Waals surface area contributed by atoms with Crippen LogP contribution in [0, 0.1) is 0 Å². The van der Waals surface area contributed by atoms with Gasteiger partial charge >= 0.3 is 0 Å². The maximum atomic E-state index is 8.90. The lowest BCUT2D eigenvalue weighted by Gasteiger charge is -2.15. The minimum atomic E-state index is -0.632. The number of hydrogen-bond donors (Lipinski definition) is 2. The van der Waals surface area contributed by atoms with E-state index in [9.17, 15) is 0 Å². The summed E-state index contributed by atoms with van der Waals surface area (Å²) in [5, 5.41) is 11.7. The molecule has 0 aliphatic carbocycles. The van der Waals surface area contributed by atoms with Gasteiger partial charge < -0.3 is 9.84 Å². The topological polar surface area (TPSA) is 41.5 Å². The van der Waals surface area contributed by atoms with Gasteiger partial charge in [0, 0.05) is 0 Å². The van der Waals surface area contributed by atoms with Crippen molar-refractivity contribution >= 4 is 0 Å². The van der Waals surface area contributed by atoms with Gasteiger partial charge in [-0.1, -0.05) is 6.92 Å². The van der Waals surface area contributed by atoms with Crippen LogP contribution in [0.3, 0.4) is 0 Å². The SMILES string of the molecule is CCC(O)OC(C)NC. The Labute approximate surface area is 56.0 Å². The quantitative estimate of drug-likeness (QED) is 0.542. The second-order valence-electron chi connectivity index (χ2n) is 1.93. The molecule has 0 heterocycles. The second kappa shape index (κ2) is 4.73. The summed E-state index contributed by atoms with van der Waals surface area (Å²) in [5.41, 5.74) is 0. The number of nitrogens with one attached hydrogen (secondary N) is 1. The van der Waals surface area contributed by atoms with Gasteiger partial charge in [-0.15, -0.1) is 0 Å². The average molecular weight is 133 g/mol. The van der Waals surface area contributed by atoms with Crippen LogP contribution in [-0.4, -0.2) is 24.7 Å². The van der Waals surface area contributed by atoms with E-state index in [0.717, 1.165) is 0 Å². The summed E-state index contributed by atoms with van der Waals surface area (Å²) in [6.45, 7) is 3.71. The first kappa shape index (κ1) is 8.88. The zero-order chi connectivity index (χ0) is 7.28. The summed E-state index contributed by atoms with van der Waals surface area (Å²) in [5.74, 6) is 0. The number of hydrogen-bond acceptors (Lipinski definition) is 3. The van der Waals surface area contributed by atoms with E-state index in [4.69, 9.17) is 9.84 Å². The molecular formula is C6H15NO2. The zero-order valence-electron chi connectivity index (χ0n) is 6.22. The van der Waals surface area contributed by atoms with Crippen molar-refractivity contribution in [2.75, 3.05) is 7.05 Å². The molecule has 0 saturated heterocycles. The van der Waals surface area contributed by atoms with Gasteiger partial charge in [-0.25, -0.2) is 0 Å². The molecule has 0 rings (SSSR count). The Kier molecular flexibility index (Phi) is 4.67. The lowest BCUT2D eigenvalue weighted by molar-refractivity contribution is -0.138. The summed E-state index contributed by atoms with van der Waals surface area (Å²) in [7, 11) is 1.78. The van der Waals surface area contributed by atoms with Crippen LogP contribution in [0.4, 0.5) is 0 Å². The Morgan fingerprint density at radius 2 is 2.22 bits per heavy atom. The molecule has 0 aromatic carbocycles. The van der Waals surface area contributed by atoms with E-state index < -0.39 is 6.29 Å². The predicted octanol–water partition coefficient (Wildman–Crippen LogP) is 0.297. The monoisotopic (exact) mass is 133 g/mol. The molecule has 0 radical (unpaired) electrons. The van der Waals surface area contributed by atoms with Crippen LogP contribution >= 0.6 is 0 Å². The predicted molar refractivity (Wildman–Crippen MR) is 35.9 cm³/mol. The van der Waals surface area contributed by atoms with Crippen molar-refractivity contribution in [1.29, 1.82) is 0 Å². The van der Waals surface area contributed by atoms with Crippen LogP contribution in [0.1, 0.15) is 20.3 Å². The first-order valence-electron chi connectivity index (χ1n) is 3.21. The molecular weight excluding hydrogens is 118 g/mol. The Bertz CT molecular complexity index is 60.1. The average Bonchev–Trinajstić information content (AvgIpc) is 1.87. The first-order valence-corrected chi connectivity index (χ1v) is 3.21. The van der Waals surface area contributed by atoms with Gasteiger partial charge in [-0.2, -0.15) is 0 Å². The van der Waals surface area contributed by atoms with Crippen LogP contribution in [0.25, 0.3) is 0 Å². The van der Waals surface area contributed by atoms with Gasteiger partial charge in [0.2, 0.25) is 0 Å². The van der Waals surface area contributed by atoms with Gasteiger partial charge in [-0.3, -0.25) is 5.32 Å². The highest BCUT2D eigenvalue weighted by molar-refractivity contribution is 4.41. The van der Waals surface area contributed by atoms with E-state index in [2.05, 4.69) is 5.32 Å². The molecule has 0 amide bonds. The molecule has 0 spiro atoms. The third kappa shape index (κ3) is 4.39. The minimum Gasteiger partial charge on any atom is -0.368 e. The van der Waals surface area contributed by atoms with Crippen LogP contribution < -0.4 is 5.32 Å². The van der Waals surface area contributed by atoms with Gasteiger partial charge in [-0.05, 0) is 20.4 Å². The molecule has 2 unspecified atom stereocenters. The van der Waals surface area contributed by atoms with Gasteiger partial charge in [0.1, 0.15) is 6.23 Å². The van der Waals surface area contributed by atoms with E-state index in [1.807, 2.05) is 13.8 Å². The standard InChI is InChI=1S/C6H15NO2/c1-4-6(8)9-5(2)7-3/h5-8H,4H2,1-3H3. The molecule has 0 bridgehead atoms. The fourth-order valence-corrected chi connectivity index (χ4v) is 0.400. The molecule has 2 N–H and O–H groups in total. The zero-order valence-corrected chi connectivity index (χ0v) is 6.22. The fraction of sp³-hybridized carbons (Fsp3) is 1.00. The Hall–Kier alpha value is -0.120. The largest absolute Gasteiger partial charge is 0.368 e. The molecule has 3 heteroatoms. The molecule has 9 heavy (non-hydrogen) atoms. The van der Waals surface area contributed by atoms with Crippen molar-refractivity contribution < 1.29 is 9.84 Å². The Morgan fingerprint density at radius 3 is 2.56 bits per heavy atom. The van der Waals surface area contributed by atoms with Gasteiger partial charge in [0.15, 0.2) is 6.29 Å². The highest BCUT2D eigenvalue weighted by Gasteiger charge is 2.03. The normalized spacial score (nSPS) is 17.3. The van der Waals surface area contributed by atoms with E-state index in [-0.39, 0.29) is 6.23 Å². The van der Waals surface area contributed by atoms with Crippen molar-refractivity contribution in [3.8, 4) is 0 Å². The molecule has 0 aromatic heterocycles. The van der Waals surface area contributed by atoms with Crippen LogP contribution in [-0.2, 0) is 4.74 Å².